The molecule has 0 spiro atoms. The maximum Gasteiger partial charge on any atom is 0.188 e. The van der Waals surface area contributed by atoms with Gasteiger partial charge in [0.25, 0.3) is 0 Å². The molecule has 0 bridgehead atoms. The Balaban J connectivity index is 1.78. The van der Waals surface area contributed by atoms with Crippen molar-refractivity contribution in [2.24, 2.45) is 7.05 Å². The van der Waals surface area contributed by atoms with Gasteiger partial charge in [-0.2, -0.15) is 4.80 Å². The van der Waals surface area contributed by atoms with E-state index in [1.165, 1.54) is 10.4 Å². The van der Waals surface area contributed by atoms with E-state index in [9.17, 15) is 0 Å². The van der Waals surface area contributed by atoms with Crippen LogP contribution in [-0.2, 0) is 19.1 Å². The van der Waals surface area contributed by atoms with Gasteiger partial charge in [0, 0.05) is 19.1 Å². The lowest BCUT2D eigenvalue weighted by atomic mass is 9.88. The molecule has 112 valence electrons. The molecule has 1 aliphatic rings. The molecule has 1 aromatic heterocycles. The van der Waals surface area contributed by atoms with Gasteiger partial charge in [0.05, 0.1) is 19.1 Å². The lowest BCUT2D eigenvalue weighted by molar-refractivity contribution is 0.0853. The molecule has 0 saturated carbocycles. The van der Waals surface area contributed by atoms with Crippen molar-refractivity contribution in [3.63, 3.8) is 0 Å². The summed E-state index contributed by atoms with van der Waals surface area (Å²) >= 11 is 0. The van der Waals surface area contributed by atoms with Crippen LogP contribution in [0.3, 0.4) is 0 Å². The molecular formula is C15H22N6. The maximum atomic E-state index is 4.29. The molecule has 2 atom stereocenters. The van der Waals surface area contributed by atoms with Crippen LogP contribution in [0.4, 0.5) is 0 Å². The van der Waals surface area contributed by atoms with Gasteiger partial charge in [-0.25, -0.2) is 0 Å². The van der Waals surface area contributed by atoms with E-state index in [0.717, 1.165) is 25.5 Å². The number of nitrogens with zero attached hydrogens (tertiary/aromatic N) is 5. The summed E-state index contributed by atoms with van der Waals surface area (Å²) in [5.41, 5.74) is 1.27. The second kappa shape index (κ2) is 5.54. The first-order valence-corrected chi connectivity index (χ1v) is 7.34. The normalized spacial score (nSPS) is 26.9. The highest BCUT2D eigenvalue weighted by Crippen LogP contribution is 2.26. The van der Waals surface area contributed by atoms with Gasteiger partial charge in [-0.15, -0.1) is 10.2 Å². The Hall–Kier alpha value is -1.79. The number of nitrogens with one attached hydrogen (secondary N) is 1. The van der Waals surface area contributed by atoms with Gasteiger partial charge in [-0.05, 0) is 24.6 Å². The third-order valence-corrected chi connectivity index (χ3v) is 4.24. The molecule has 1 fully saturated rings. The Kier molecular flexibility index (Phi) is 3.73. The first-order chi connectivity index (χ1) is 10.1. The average Bonchev–Trinajstić information content (AvgIpc) is 2.89. The molecule has 2 aromatic rings. The lowest BCUT2D eigenvalue weighted by Gasteiger charge is -2.45. The zero-order valence-corrected chi connectivity index (χ0v) is 12.8. The van der Waals surface area contributed by atoms with Crippen LogP contribution in [0.1, 0.15) is 25.2 Å². The van der Waals surface area contributed by atoms with Gasteiger partial charge in [0.15, 0.2) is 5.82 Å². The van der Waals surface area contributed by atoms with Crippen molar-refractivity contribution >= 4 is 0 Å². The summed E-state index contributed by atoms with van der Waals surface area (Å²) in [6, 6.07) is 11.1. The van der Waals surface area contributed by atoms with Gasteiger partial charge in [0.2, 0.25) is 0 Å². The number of hydrogen-bond acceptors (Lipinski definition) is 5. The lowest BCUT2D eigenvalue weighted by Crippen LogP contribution is -2.60. The fraction of sp³-hybridized carbons (Fsp3) is 0.533. The predicted molar refractivity (Wildman–Crippen MR) is 80.5 cm³/mol. The van der Waals surface area contributed by atoms with Gasteiger partial charge >= 0.3 is 0 Å². The highest BCUT2D eigenvalue weighted by atomic mass is 15.6. The number of tetrazole rings is 1. The van der Waals surface area contributed by atoms with E-state index in [1.54, 1.807) is 7.05 Å². The highest BCUT2D eigenvalue weighted by molar-refractivity contribution is 5.25. The number of hydrogen-bond donors (Lipinski definition) is 1. The van der Waals surface area contributed by atoms with Crippen LogP contribution in [0, 0.1) is 0 Å². The average molecular weight is 286 g/mol. The number of rotatable bonds is 3. The fourth-order valence-corrected chi connectivity index (χ4v) is 2.90. The zero-order valence-electron chi connectivity index (χ0n) is 12.8. The minimum atomic E-state index is -0.0457. The molecule has 0 radical (unpaired) electrons. The molecule has 1 N–H and O–H groups in total. The smallest absolute Gasteiger partial charge is 0.188 e. The second-order valence-corrected chi connectivity index (χ2v) is 6.03. The molecule has 0 amide bonds. The number of aryl methyl sites for hydroxylation is 1. The third-order valence-electron chi connectivity index (χ3n) is 4.24. The monoisotopic (exact) mass is 286 g/mol. The molecule has 6 heteroatoms. The van der Waals surface area contributed by atoms with E-state index in [1.807, 2.05) is 0 Å². The van der Waals surface area contributed by atoms with Crippen molar-refractivity contribution < 1.29 is 0 Å². The van der Waals surface area contributed by atoms with Gasteiger partial charge in [0.1, 0.15) is 0 Å². The number of piperazine rings is 1. The Bertz CT molecular complexity index is 595. The van der Waals surface area contributed by atoms with Crippen molar-refractivity contribution in [3.8, 4) is 0 Å². The molecule has 2 unspecified atom stereocenters. The largest absolute Gasteiger partial charge is 0.305 e. The molecule has 1 aliphatic heterocycles. The van der Waals surface area contributed by atoms with Crippen LogP contribution in [-0.4, -0.2) is 44.2 Å². The molecule has 0 aliphatic carbocycles. The standard InChI is InChI=1S/C15H22N6/c1-12-9-16-15(2,13-7-5-4-6-8-13)11-21(12)10-14-17-19-20(3)18-14/h4-8,12,16H,9-11H2,1-3H3. The molecule has 3 rings (SSSR count). The minimum absolute atomic E-state index is 0.0457. The molecule has 6 nitrogen and oxygen atoms in total. The molecule has 1 aromatic carbocycles. The molecule has 1 saturated heterocycles. The van der Waals surface area contributed by atoms with Crippen LogP contribution < -0.4 is 5.32 Å². The maximum absolute atomic E-state index is 4.29. The Morgan fingerprint density at radius 3 is 2.76 bits per heavy atom. The number of benzene rings is 1. The Morgan fingerprint density at radius 2 is 2.10 bits per heavy atom. The van der Waals surface area contributed by atoms with Gasteiger partial charge in [-0.1, -0.05) is 30.3 Å². The number of aromatic nitrogens is 4. The van der Waals surface area contributed by atoms with Gasteiger partial charge in [-0.3, -0.25) is 4.90 Å². The van der Waals surface area contributed by atoms with E-state index in [-0.39, 0.29) is 5.54 Å². The summed E-state index contributed by atoms with van der Waals surface area (Å²) in [4.78, 5) is 3.93. The van der Waals surface area contributed by atoms with Crippen LogP contribution in [0.25, 0.3) is 0 Å². The van der Waals surface area contributed by atoms with E-state index >= 15 is 0 Å². The Labute approximate surface area is 125 Å². The quantitative estimate of drug-likeness (QED) is 0.909. The second-order valence-electron chi connectivity index (χ2n) is 6.03. The van der Waals surface area contributed by atoms with Crippen molar-refractivity contribution in [1.82, 2.24) is 30.4 Å². The minimum Gasteiger partial charge on any atom is -0.305 e. The van der Waals surface area contributed by atoms with Crippen LogP contribution in [0.2, 0.25) is 0 Å². The van der Waals surface area contributed by atoms with E-state index in [0.29, 0.717) is 6.04 Å². The topological polar surface area (TPSA) is 58.9 Å². The van der Waals surface area contributed by atoms with Crippen molar-refractivity contribution in [2.45, 2.75) is 32.0 Å². The van der Waals surface area contributed by atoms with Crippen molar-refractivity contribution in [1.29, 1.82) is 0 Å². The van der Waals surface area contributed by atoms with Gasteiger partial charge < -0.3 is 5.32 Å². The Morgan fingerprint density at radius 1 is 1.33 bits per heavy atom. The summed E-state index contributed by atoms with van der Waals surface area (Å²) in [6.45, 7) is 7.10. The van der Waals surface area contributed by atoms with Crippen LogP contribution in [0.5, 0.6) is 0 Å². The third kappa shape index (κ3) is 2.96. The molecule has 2 heterocycles. The van der Waals surface area contributed by atoms with Crippen molar-refractivity contribution in [3.05, 3.63) is 41.7 Å². The predicted octanol–water partition coefficient (Wildman–Crippen LogP) is 0.919. The van der Waals surface area contributed by atoms with Crippen LogP contribution in [0.15, 0.2) is 30.3 Å². The van der Waals surface area contributed by atoms with E-state index in [2.05, 4.69) is 69.8 Å². The van der Waals surface area contributed by atoms with E-state index < -0.39 is 0 Å². The summed E-state index contributed by atoms with van der Waals surface area (Å²) in [5, 5.41) is 16.0. The highest BCUT2D eigenvalue weighted by Gasteiger charge is 2.35. The van der Waals surface area contributed by atoms with Crippen molar-refractivity contribution in [2.75, 3.05) is 13.1 Å². The zero-order chi connectivity index (χ0) is 14.9. The van der Waals surface area contributed by atoms with E-state index in [4.69, 9.17) is 0 Å². The SMILES string of the molecule is CC1CNC(C)(c2ccccc2)CN1Cc1nnn(C)n1. The van der Waals surface area contributed by atoms with Crippen LogP contribution >= 0.6 is 0 Å². The first kappa shape index (κ1) is 14.2. The molecule has 21 heavy (non-hydrogen) atoms. The summed E-state index contributed by atoms with van der Waals surface area (Å²) in [5.74, 6) is 0.779. The summed E-state index contributed by atoms with van der Waals surface area (Å²) in [7, 11) is 1.80. The molecular weight excluding hydrogens is 264 g/mol. The fourth-order valence-electron chi connectivity index (χ4n) is 2.90. The summed E-state index contributed by atoms with van der Waals surface area (Å²) < 4.78 is 0. The first-order valence-electron chi connectivity index (χ1n) is 7.34. The summed E-state index contributed by atoms with van der Waals surface area (Å²) in [6.07, 6.45) is 0.